The minimum absolute atomic E-state index is 0.0635. The lowest BCUT2D eigenvalue weighted by Gasteiger charge is -2.16. The summed E-state index contributed by atoms with van der Waals surface area (Å²) >= 11 is 37.4. The van der Waals surface area contributed by atoms with Crippen LogP contribution in [0.4, 0.5) is 0 Å². The third-order valence-corrected chi connectivity index (χ3v) is 11.7. The maximum atomic E-state index is 13.1. The lowest BCUT2D eigenvalue weighted by Crippen LogP contribution is -2.27. The number of halogens is 6. The molecule has 2 aromatic carbocycles. The zero-order valence-corrected chi connectivity index (χ0v) is 31.4. The molecule has 0 N–H and O–H groups in total. The molecule has 0 saturated heterocycles. The molecule has 4 rings (SSSR count). The Balaban J connectivity index is 1.45. The van der Waals surface area contributed by atoms with Gasteiger partial charge in [0.15, 0.2) is 11.5 Å². The van der Waals surface area contributed by atoms with Crippen molar-refractivity contribution < 1.29 is 38.1 Å². The highest BCUT2D eigenvalue weighted by Crippen LogP contribution is 2.58. The van der Waals surface area contributed by atoms with Crippen LogP contribution in [-0.2, 0) is 19.1 Å². The fourth-order valence-corrected chi connectivity index (χ4v) is 7.75. The molecule has 0 radical (unpaired) electrons. The van der Waals surface area contributed by atoms with Gasteiger partial charge in [-0.25, -0.2) is 19.2 Å². The summed E-state index contributed by atoms with van der Waals surface area (Å²) in [6, 6.07) is 2.26. The van der Waals surface area contributed by atoms with Crippen molar-refractivity contribution in [3.05, 3.63) is 53.4 Å². The van der Waals surface area contributed by atoms with Crippen LogP contribution in [0.2, 0.25) is 30.1 Å². The maximum Gasteiger partial charge on any atom is 0.423 e. The largest absolute Gasteiger partial charge is 0.462 e. The third kappa shape index (κ3) is 8.85. The van der Waals surface area contributed by atoms with E-state index < -0.39 is 46.5 Å². The second-order valence-electron chi connectivity index (χ2n) is 12.9. The van der Waals surface area contributed by atoms with Crippen LogP contribution in [-0.4, -0.2) is 37.1 Å². The quantitative estimate of drug-likeness (QED) is 0.0613. The molecule has 262 valence electrons. The van der Waals surface area contributed by atoms with Gasteiger partial charge in [-0.15, -0.1) is 0 Å². The molecule has 2 saturated carbocycles. The molecule has 4 unspecified atom stereocenters. The topological polar surface area (TPSA) is 105 Å². The van der Waals surface area contributed by atoms with Gasteiger partial charge < -0.3 is 18.9 Å². The molecule has 0 bridgehead atoms. The van der Waals surface area contributed by atoms with Crippen LogP contribution in [0.3, 0.4) is 0 Å². The predicted molar refractivity (Wildman–Crippen MR) is 186 cm³/mol. The molecule has 0 aromatic heterocycles. The van der Waals surface area contributed by atoms with Crippen LogP contribution in [0.1, 0.15) is 99.8 Å². The van der Waals surface area contributed by atoms with Crippen LogP contribution in [0.5, 0.6) is 11.5 Å². The summed E-state index contributed by atoms with van der Waals surface area (Å²) < 4.78 is 21.2. The van der Waals surface area contributed by atoms with E-state index in [2.05, 4.69) is 27.7 Å². The van der Waals surface area contributed by atoms with E-state index in [1.807, 2.05) is 0 Å². The Kier molecular flexibility index (Phi) is 12.9. The molecular formula is C34H36Cl6O8. The number of hydrogen-bond donors (Lipinski definition) is 0. The molecule has 0 spiro atoms. The Morgan fingerprint density at radius 2 is 1.00 bits per heavy atom. The summed E-state index contributed by atoms with van der Waals surface area (Å²) in [5.74, 6) is -5.06. The molecule has 2 fully saturated rings. The number of ether oxygens (including phenoxy) is 4. The van der Waals surface area contributed by atoms with Crippen molar-refractivity contribution in [2.24, 2.45) is 22.7 Å². The first kappa shape index (κ1) is 38.9. The van der Waals surface area contributed by atoms with E-state index in [1.54, 1.807) is 0 Å². The smallest absolute Gasteiger partial charge is 0.423 e. The third-order valence-electron chi connectivity index (χ3n) is 9.53. The van der Waals surface area contributed by atoms with Gasteiger partial charge in [0.05, 0.1) is 43.3 Å². The minimum Gasteiger partial charge on any atom is -0.462 e. The molecule has 8 nitrogen and oxygen atoms in total. The zero-order valence-electron chi connectivity index (χ0n) is 26.9. The Bertz CT molecular complexity index is 1500. The highest BCUT2D eigenvalue weighted by atomic mass is 35.5. The van der Waals surface area contributed by atoms with Crippen LogP contribution in [0, 0.1) is 22.7 Å². The number of carbonyl (C=O) groups is 4. The van der Waals surface area contributed by atoms with Crippen LogP contribution in [0.25, 0.3) is 0 Å². The van der Waals surface area contributed by atoms with E-state index in [9.17, 15) is 19.2 Å². The highest BCUT2D eigenvalue weighted by Gasteiger charge is 2.48. The normalized spacial score (nSPS) is 22.5. The van der Waals surface area contributed by atoms with Gasteiger partial charge in [0.1, 0.15) is 11.1 Å². The fourth-order valence-electron chi connectivity index (χ4n) is 6.31. The molecule has 0 aliphatic heterocycles. The van der Waals surface area contributed by atoms with Gasteiger partial charge >= 0.3 is 23.9 Å². The number of esters is 4. The first-order chi connectivity index (χ1) is 22.6. The molecule has 0 heterocycles. The molecule has 2 aliphatic carbocycles. The van der Waals surface area contributed by atoms with Gasteiger partial charge in [-0.1, -0.05) is 110 Å². The van der Waals surface area contributed by atoms with E-state index in [-0.39, 0.29) is 54.2 Å². The second kappa shape index (κ2) is 15.9. The Hall–Kier alpha value is -1.94. The summed E-state index contributed by atoms with van der Waals surface area (Å²) in [5, 5.41) is -1.46. The first-order valence-corrected chi connectivity index (χ1v) is 18.0. The number of benzene rings is 2. The van der Waals surface area contributed by atoms with Gasteiger partial charge in [0, 0.05) is 0 Å². The van der Waals surface area contributed by atoms with Crippen LogP contribution in [0.15, 0.2) is 12.1 Å². The second-order valence-corrected chi connectivity index (χ2v) is 15.3. The van der Waals surface area contributed by atoms with Crippen molar-refractivity contribution in [3.63, 3.8) is 0 Å². The zero-order chi connectivity index (χ0) is 35.6. The van der Waals surface area contributed by atoms with E-state index in [0.717, 1.165) is 50.7 Å². The molecule has 48 heavy (non-hydrogen) atoms. The van der Waals surface area contributed by atoms with Gasteiger partial charge in [-0.3, -0.25) is 0 Å². The molecule has 2 aliphatic rings. The highest BCUT2D eigenvalue weighted by molar-refractivity contribution is 6.47. The lowest BCUT2D eigenvalue weighted by atomic mass is 9.99. The molecular weight excluding hydrogens is 749 g/mol. The first-order valence-electron chi connectivity index (χ1n) is 15.7. The van der Waals surface area contributed by atoms with Crippen LogP contribution >= 0.6 is 69.6 Å². The molecule has 4 atom stereocenters. The molecule has 2 aromatic rings. The van der Waals surface area contributed by atoms with Crippen molar-refractivity contribution in [3.8, 4) is 11.5 Å². The number of carbonyl (C=O) groups excluding carboxylic acids is 4. The van der Waals surface area contributed by atoms with E-state index in [0.29, 0.717) is 24.7 Å². The van der Waals surface area contributed by atoms with Gasteiger partial charge in [0.2, 0.25) is 0 Å². The van der Waals surface area contributed by atoms with Crippen molar-refractivity contribution in [1.29, 1.82) is 0 Å². The lowest BCUT2D eigenvalue weighted by molar-refractivity contribution is -0.156. The minimum atomic E-state index is -1.64. The van der Waals surface area contributed by atoms with Crippen molar-refractivity contribution >= 4 is 93.5 Å². The van der Waals surface area contributed by atoms with Gasteiger partial charge in [-0.05, 0) is 73.3 Å². The Labute approximate surface area is 309 Å². The summed E-state index contributed by atoms with van der Waals surface area (Å²) in [4.78, 5) is 52.2. The average molecular weight is 785 g/mol. The maximum absolute atomic E-state index is 13.1. The van der Waals surface area contributed by atoms with Gasteiger partial charge in [0.25, 0.3) is 0 Å². The summed E-state index contributed by atoms with van der Waals surface area (Å²) in [6.45, 7) is 8.81. The molecule has 0 amide bonds. The molecule has 14 heteroatoms. The number of hydrogen-bond acceptors (Lipinski definition) is 8. The van der Waals surface area contributed by atoms with E-state index in [1.165, 1.54) is 0 Å². The van der Waals surface area contributed by atoms with E-state index >= 15 is 0 Å². The van der Waals surface area contributed by atoms with Crippen molar-refractivity contribution in [2.75, 3.05) is 13.2 Å². The Morgan fingerprint density at radius 3 is 1.31 bits per heavy atom. The van der Waals surface area contributed by atoms with Gasteiger partial charge in [-0.2, -0.15) is 0 Å². The summed E-state index contributed by atoms with van der Waals surface area (Å²) in [5.41, 5.74) is -0.469. The van der Waals surface area contributed by atoms with Crippen LogP contribution < -0.4 is 9.47 Å². The summed E-state index contributed by atoms with van der Waals surface area (Å²) in [7, 11) is 0. The standard InChI is InChI=1S/C34H36Cl6O8/c1-5-17-15-33(17,3)9-7-11-45-29(41)23-25(39)19(35)13-21(37)27(23)47-31(43)32(44)48-28-22(38)14-20(36)26(40)24(28)30(42)46-12-8-10-34(4)16-18(34)6-2/h13-14,17-18H,5-12,15-16H2,1-4H3. The van der Waals surface area contributed by atoms with Crippen molar-refractivity contribution in [1.82, 2.24) is 0 Å². The number of rotatable bonds is 14. The summed E-state index contributed by atoms with van der Waals surface area (Å²) in [6.07, 6.45) is 7.35. The Morgan fingerprint density at radius 1 is 0.646 bits per heavy atom. The van der Waals surface area contributed by atoms with Crippen molar-refractivity contribution in [2.45, 2.75) is 79.1 Å². The predicted octanol–water partition coefficient (Wildman–Crippen LogP) is 10.9. The fraction of sp³-hybridized carbons (Fsp3) is 0.529. The monoisotopic (exact) mass is 782 g/mol. The average Bonchev–Trinajstić information content (AvgIpc) is 3.91. The SMILES string of the molecule is CCC1CC1(C)CCCOC(=O)c1c(Cl)c(Cl)cc(Cl)c1OC(=O)C(=O)Oc1c(Cl)cc(Cl)c(Cl)c1C(=O)OCCCC1(C)CC1CC. The van der Waals surface area contributed by atoms with E-state index in [4.69, 9.17) is 88.6 Å².